The smallest absolute Gasteiger partial charge is 0.272 e. The first-order chi connectivity index (χ1) is 11.3. The number of hydrogen-bond donors (Lipinski definition) is 1. The molecule has 1 aliphatic carbocycles. The van der Waals surface area contributed by atoms with Crippen LogP contribution in [0.5, 0.6) is 0 Å². The molecule has 0 bridgehead atoms. The van der Waals surface area contributed by atoms with Gasteiger partial charge in [0.1, 0.15) is 0 Å². The lowest BCUT2D eigenvalue weighted by Crippen LogP contribution is -2.27. The van der Waals surface area contributed by atoms with E-state index in [2.05, 4.69) is 34.7 Å². The normalized spacial score (nSPS) is 13.6. The van der Waals surface area contributed by atoms with Gasteiger partial charge in [-0.05, 0) is 31.2 Å². The zero-order valence-corrected chi connectivity index (χ0v) is 14.4. The highest BCUT2D eigenvalue weighted by atomic mass is 32.2. The van der Waals surface area contributed by atoms with Crippen molar-refractivity contribution in [1.29, 1.82) is 0 Å². The number of fused-ring (bicyclic) bond motifs is 1. The van der Waals surface area contributed by atoms with Gasteiger partial charge in [-0.3, -0.25) is 9.48 Å². The van der Waals surface area contributed by atoms with Crippen molar-refractivity contribution in [3.63, 3.8) is 0 Å². The summed E-state index contributed by atoms with van der Waals surface area (Å²) in [5, 5.41) is 7.45. The van der Waals surface area contributed by atoms with E-state index in [1.165, 1.54) is 17.7 Å². The number of aromatic nitrogens is 2. The van der Waals surface area contributed by atoms with Gasteiger partial charge in [-0.15, -0.1) is 0 Å². The van der Waals surface area contributed by atoms with Crippen LogP contribution in [0.3, 0.4) is 0 Å². The Morgan fingerprint density at radius 3 is 2.87 bits per heavy atom. The summed E-state index contributed by atoms with van der Waals surface area (Å²) in [7, 11) is 1.94. The molecule has 5 heteroatoms. The van der Waals surface area contributed by atoms with Crippen molar-refractivity contribution in [2.24, 2.45) is 7.05 Å². The molecule has 0 radical (unpaired) electrons. The molecule has 0 unspecified atom stereocenters. The van der Waals surface area contributed by atoms with Crippen LogP contribution in [-0.4, -0.2) is 28.0 Å². The van der Waals surface area contributed by atoms with Crippen molar-refractivity contribution in [2.75, 3.05) is 12.3 Å². The molecule has 1 aliphatic rings. The molecule has 1 heterocycles. The van der Waals surface area contributed by atoms with Crippen molar-refractivity contribution >= 4 is 17.7 Å². The molecule has 0 fully saturated rings. The van der Waals surface area contributed by atoms with Crippen molar-refractivity contribution in [2.45, 2.75) is 31.4 Å². The number of amides is 1. The maximum Gasteiger partial charge on any atom is 0.272 e. The first-order valence-electron chi connectivity index (χ1n) is 8.20. The quantitative estimate of drug-likeness (QED) is 0.829. The highest BCUT2D eigenvalue weighted by Crippen LogP contribution is 2.23. The molecule has 3 rings (SSSR count). The fourth-order valence-corrected chi connectivity index (χ4v) is 3.86. The van der Waals surface area contributed by atoms with Crippen LogP contribution in [0, 0.1) is 0 Å². The van der Waals surface area contributed by atoms with Crippen molar-refractivity contribution in [3.05, 3.63) is 52.8 Å². The third kappa shape index (κ3) is 3.96. The minimum Gasteiger partial charge on any atom is -0.350 e. The van der Waals surface area contributed by atoms with Crippen LogP contribution < -0.4 is 5.32 Å². The highest BCUT2D eigenvalue weighted by Gasteiger charge is 2.23. The van der Waals surface area contributed by atoms with Gasteiger partial charge in [0, 0.05) is 36.4 Å². The second kappa shape index (κ2) is 7.68. The van der Waals surface area contributed by atoms with Crippen molar-refractivity contribution in [1.82, 2.24) is 15.1 Å². The van der Waals surface area contributed by atoms with Gasteiger partial charge in [0.25, 0.3) is 5.91 Å². The molecule has 0 spiro atoms. The number of rotatable bonds is 6. The van der Waals surface area contributed by atoms with Gasteiger partial charge < -0.3 is 5.32 Å². The molecule has 1 aromatic carbocycles. The molecular weight excluding hydrogens is 306 g/mol. The van der Waals surface area contributed by atoms with Crippen LogP contribution in [0.15, 0.2) is 30.3 Å². The van der Waals surface area contributed by atoms with Crippen LogP contribution in [0.25, 0.3) is 0 Å². The zero-order chi connectivity index (χ0) is 16.1. The number of nitrogens with zero attached hydrogens (tertiary/aromatic N) is 2. The van der Waals surface area contributed by atoms with E-state index < -0.39 is 0 Å². The summed E-state index contributed by atoms with van der Waals surface area (Å²) in [6.45, 7) is 0.682. The molecule has 122 valence electrons. The maximum absolute atomic E-state index is 12.4. The fraction of sp³-hybridized carbons (Fsp3) is 0.444. The Labute approximate surface area is 141 Å². The summed E-state index contributed by atoms with van der Waals surface area (Å²) in [6, 6.07) is 10.4. The Kier molecular flexibility index (Phi) is 5.39. The number of nitrogens with one attached hydrogen (secondary N) is 1. The Morgan fingerprint density at radius 2 is 2.04 bits per heavy atom. The SMILES string of the molecule is Cn1nc(C(=O)NCCSCc2ccccc2)c2c1CCCC2. The molecule has 0 aliphatic heterocycles. The van der Waals surface area contributed by atoms with Crippen LogP contribution in [-0.2, 0) is 25.6 Å². The van der Waals surface area contributed by atoms with Crippen LogP contribution >= 0.6 is 11.8 Å². The second-order valence-corrected chi connectivity index (χ2v) is 7.00. The fourth-order valence-electron chi connectivity index (χ4n) is 3.04. The Morgan fingerprint density at radius 1 is 1.26 bits per heavy atom. The average molecular weight is 329 g/mol. The molecule has 0 saturated carbocycles. The van der Waals surface area contributed by atoms with E-state index in [4.69, 9.17) is 0 Å². The number of carbonyl (C=O) groups excluding carboxylic acids is 1. The third-order valence-electron chi connectivity index (χ3n) is 4.22. The average Bonchev–Trinajstić information content (AvgIpc) is 2.93. The summed E-state index contributed by atoms with van der Waals surface area (Å²) in [5.41, 5.74) is 4.35. The van der Waals surface area contributed by atoms with E-state index in [1.807, 2.05) is 29.6 Å². The largest absolute Gasteiger partial charge is 0.350 e. The standard InChI is InChI=1S/C18H23N3OS/c1-21-16-10-6-5-9-15(16)17(20-21)18(22)19-11-12-23-13-14-7-3-2-4-8-14/h2-4,7-8H,5-6,9-13H2,1H3,(H,19,22). The van der Waals surface area contributed by atoms with Crippen LogP contribution in [0.2, 0.25) is 0 Å². The van der Waals surface area contributed by atoms with Crippen molar-refractivity contribution < 1.29 is 4.79 Å². The van der Waals surface area contributed by atoms with Gasteiger partial charge in [-0.25, -0.2) is 0 Å². The monoisotopic (exact) mass is 329 g/mol. The highest BCUT2D eigenvalue weighted by molar-refractivity contribution is 7.98. The van der Waals surface area contributed by atoms with E-state index in [0.717, 1.165) is 36.3 Å². The Balaban J connectivity index is 1.47. The minimum absolute atomic E-state index is 0.0240. The Bertz CT molecular complexity index is 666. The number of benzene rings is 1. The number of hydrogen-bond acceptors (Lipinski definition) is 3. The summed E-state index contributed by atoms with van der Waals surface area (Å²) >= 11 is 1.84. The van der Waals surface area contributed by atoms with Crippen LogP contribution in [0.1, 0.15) is 40.2 Å². The van der Waals surface area contributed by atoms with Crippen LogP contribution in [0.4, 0.5) is 0 Å². The second-order valence-electron chi connectivity index (χ2n) is 5.90. The molecule has 1 amide bonds. The van der Waals surface area contributed by atoms with E-state index >= 15 is 0 Å². The van der Waals surface area contributed by atoms with Crippen molar-refractivity contribution in [3.8, 4) is 0 Å². The molecule has 0 atom stereocenters. The van der Waals surface area contributed by atoms with E-state index in [-0.39, 0.29) is 5.91 Å². The number of thioether (sulfide) groups is 1. The molecule has 0 saturated heterocycles. The Hall–Kier alpha value is -1.75. The van der Waals surface area contributed by atoms with Gasteiger partial charge >= 0.3 is 0 Å². The van der Waals surface area contributed by atoms with E-state index in [1.54, 1.807) is 0 Å². The number of aryl methyl sites for hydroxylation is 1. The first kappa shape index (κ1) is 16.1. The maximum atomic E-state index is 12.4. The lowest BCUT2D eigenvalue weighted by Gasteiger charge is -2.12. The third-order valence-corrected chi connectivity index (χ3v) is 5.25. The molecule has 4 nitrogen and oxygen atoms in total. The van der Waals surface area contributed by atoms with Gasteiger partial charge in [0.2, 0.25) is 0 Å². The summed E-state index contributed by atoms with van der Waals surface area (Å²) in [5.74, 6) is 1.87. The van der Waals surface area contributed by atoms with E-state index in [0.29, 0.717) is 12.2 Å². The summed E-state index contributed by atoms with van der Waals surface area (Å²) in [4.78, 5) is 12.4. The zero-order valence-electron chi connectivity index (χ0n) is 13.5. The van der Waals surface area contributed by atoms with Gasteiger partial charge in [-0.1, -0.05) is 30.3 Å². The van der Waals surface area contributed by atoms with Gasteiger partial charge in [0.15, 0.2) is 5.69 Å². The van der Waals surface area contributed by atoms with Gasteiger partial charge in [-0.2, -0.15) is 16.9 Å². The predicted molar refractivity (Wildman–Crippen MR) is 94.8 cm³/mol. The molecule has 1 aromatic heterocycles. The summed E-state index contributed by atoms with van der Waals surface area (Å²) in [6.07, 6.45) is 4.38. The van der Waals surface area contributed by atoms with Gasteiger partial charge in [0.05, 0.1) is 0 Å². The molecular formula is C18H23N3OS. The first-order valence-corrected chi connectivity index (χ1v) is 9.36. The molecule has 1 N–H and O–H groups in total. The molecule has 2 aromatic rings. The summed E-state index contributed by atoms with van der Waals surface area (Å²) < 4.78 is 1.88. The lowest BCUT2D eigenvalue weighted by molar-refractivity contribution is 0.0949. The lowest BCUT2D eigenvalue weighted by atomic mass is 9.95. The molecule has 23 heavy (non-hydrogen) atoms. The minimum atomic E-state index is -0.0240. The van der Waals surface area contributed by atoms with E-state index in [9.17, 15) is 4.79 Å². The number of carbonyl (C=O) groups is 1. The predicted octanol–water partition coefficient (Wildman–Crippen LogP) is 2.96. The topological polar surface area (TPSA) is 46.9 Å².